The Kier molecular flexibility index (Phi) is 5.90. The first-order chi connectivity index (χ1) is 9.54. The first-order valence-corrected chi connectivity index (χ1v) is 8.84. The molecular formula is C15H16Br3NO. The van der Waals surface area contributed by atoms with E-state index in [1.165, 1.54) is 11.1 Å². The first-order valence-electron chi connectivity index (χ1n) is 6.46. The molecule has 1 aromatic carbocycles. The maximum Gasteiger partial charge on any atom is 0.174 e. The molecule has 1 unspecified atom stereocenters. The second kappa shape index (κ2) is 7.25. The summed E-state index contributed by atoms with van der Waals surface area (Å²) < 4.78 is 8.37. The van der Waals surface area contributed by atoms with Crippen molar-refractivity contribution in [1.29, 1.82) is 0 Å². The number of nitrogens with one attached hydrogen (secondary N) is 1. The number of hydrogen-bond acceptors (Lipinski definition) is 2. The molecule has 0 aliphatic heterocycles. The van der Waals surface area contributed by atoms with Crippen molar-refractivity contribution in [2.75, 3.05) is 6.54 Å². The summed E-state index contributed by atoms with van der Waals surface area (Å²) in [6, 6.07) is 6.38. The van der Waals surface area contributed by atoms with Gasteiger partial charge in [-0.1, -0.05) is 38.8 Å². The molecule has 1 heterocycles. The average Bonchev–Trinajstić information content (AvgIpc) is 2.82. The van der Waals surface area contributed by atoms with Gasteiger partial charge in [-0.15, -0.1) is 0 Å². The summed E-state index contributed by atoms with van der Waals surface area (Å²) in [5.74, 6) is 0. The zero-order valence-electron chi connectivity index (χ0n) is 11.3. The molecule has 1 atom stereocenters. The summed E-state index contributed by atoms with van der Waals surface area (Å²) in [5, 5.41) is 3.58. The Labute approximate surface area is 144 Å². The van der Waals surface area contributed by atoms with Crippen LogP contribution >= 0.6 is 47.8 Å². The maximum absolute atomic E-state index is 5.39. The van der Waals surface area contributed by atoms with E-state index in [0.29, 0.717) is 0 Å². The molecule has 20 heavy (non-hydrogen) atoms. The highest BCUT2D eigenvalue weighted by molar-refractivity contribution is 9.11. The van der Waals surface area contributed by atoms with Gasteiger partial charge in [-0.05, 0) is 65.1 Å². The number of furan rings is 1. The molecule has 0 fully saturated rings. The Hall–Kier alpha value is -0.100. The average molecular weight is 466 g/mol. The van der Waals surface area contributed by atoms with Gasteiger partial charge in [-0.2, -0.15) is 0 Å². The van der Waals surface area contributed by atoms with Crippen molar-refractivity contribution in [3.05, 3.63) is 54.8 Å². The predicted octanol–water partition coefficient (Wildman–Crippen LogP) is 5.96. The molecule has 0 bridgehead atoms. The van der Waals surface area contributed by atoms with E-state index in [2.05, 4.69) is 79.1 Å². The lowest BCUT2D eigenvalue weighted by Gasteiger charge is -2.20. The van der Waals surface area contributed by atoms with E-state index in [0.717, 1.165) is 32.1 Å². The highest BCUT2D eigenvalue weighted by atomic mass is 79.9. The fourth-order valence-electron chi connectivity index (χ4n) is 2.07. The van der Waals surface area contributed by atoms with Crippen LogP contribution in [0.2, 0.25) is 0 Å². The second-order valence-electron chi connectivity index (χ2n) is 4.66. The number of aryl methyl sites for hydroxylation is 1. The molecule has 5 heteroatoms. The van der Waals surface area contributed by atoms with Crippen LogP contribution in [0.4, 0.5) is 0 Å². The molecule has 0 aliphatic rings. The van der Waals surface area contributed by atoms with Crippen LogP contribution in [-0.2, 0) is 0 Å². The molecule has 2 nitrogen and oxygen atoms in total. The van der Waals surface area contributed by atoms with Crippen LogP contribution < -0.4 is 5.32 Å². The van der Waals surface area contributed by atoms with Gasteiger partial charge in [0.05, 0.1) is 12.3 Å². The van der Waals surface area contributed by atoms with Gasteiger partial charge in [0.25, 0.3) is 0 Å². The van der Waals surface area contributed by atoms with Crippen LogP contribution in [0.5, 0.6) is 0 Å². The van der Waals surface area contributed by atoms with E-state index in [1.54, 1.807) is 6.26 Å². The van der Waals surface area contributed by atoms with Crippen molar-refractivity contribution in [2.24, 2.45) is 0 Å². The monoisotopic (exact) mass is 463 g/mol. The van der Waals surface area contributed by atoms with Crippen LogP contribution in [0.1, 0.15) is 36.1 Å². The smallest absolute Gasteiger partial charge is 0.174 e. The number of hydrogen-bond donors (Lipinski definition) is 1. The fraction of sp³-hybridized carbons (Fsp3) is 0.333. The van der Waals surface area contributed by atoms with Crippen LogP contribution in [0.25, 0.3) is 0 Å². The van der Waals surface area contributed by atoms with Crippen LogP contribution in [0, 0.1) is 6.92 Å². The van der Waals surface area contributed by atoms with Crippen LogP contribution in [0.15, 0.2) is 42.5 Å². The van der Waals surface area contributed by atoms with E-state index in [4.69, 9.17) is 4.42 Å². The van der Waals surface area contributed by atoms with Crippen molar-refractivity contribution in [1.82, 2.24) is 5.32 Å². The summed E-state index contributed by atoms with van der Waals surface area (Å²) in [6.45, 7) is 5.19. The summed E-state index contributed by atoms with van der Waals surface area (Å²) in [6.07, 6.45) is 2.79. The van der Waals surface area contributed by atoms with E-state index >= 15 is 0 Å². The molecule has 0 radical (unpaired) electrons. The van der Waals surface area contributed by atoms with Crippen molar-refractivity contribution in [3.8, 4) is 0 Å². The SMILES string of the molecule is CCCNC(c1cc(Br)c(C)cc1Br)c1ccoc1Br. The topological polar surface area (TPSA) is 25.2 Å². The Bertz CT molecular complexity index is 595. The lowest BCUT2D eigenvalue weighted by atomic mass is 10.00. The third-order valence-electron chi connectivity index (χ3n) is 3.14. The third-order valence-corrected chi connectivity index (χ3v) is 5.33. The molecule has 0 saturated carbocycles. The molecular weight excluding hydrogens is 450 g/mol. The molecule has 2 aromatic rings. The highest BCUT2D eigenvalue weighted by Crippen LogP contribution is 2.36. The first kappa shape index (κ1) is 16.3. The van der Waals surface area contributed by atoms with Crippen molar-refractivity contribution in [3.63, 3.8) is 0 Å². The summed E-state index contributed by atoms with van der Waals surface area (Å²) >= 11 is 10.8. The Morgan fingerprint density at radius 3 is 2.50 bits per heavy atom. The Morgan fingerprint density at radius 2 is 1.90 bits per heavy atom. The van der Waals surface area contributed by atoms with Gasteiger partial charge in [0, 0.05) is 14.5 Å². The quantitative estimate of drug-likeness (QED) is 0.589. The van der Waals surface area contributed by atoms with Crippen molar-refractivity contribution in [2.45, 2.75) is 26.3 Å². The third kappa shape index (κ3) is 3.56. The minimum absolute atomic E-state index is 0.0920. The van der Waals surface area contributed by atoms with Gasteiger partial charge in [0.15, 0.2) is 4.67 Å². The molecule has 108 valence electrons. The number of halogens is 3. The summed E-state index contributed by atoms with van der Waals surface area (Å²) in [4.78, 5) is 0. The lowest BCUT2D eigenvalue weighted by Crippen LogP contribution is -2.23. The van der Waals surface area contributed by atoms with E-state index in [1.807, 2.05) is 6.07 Å². The van der Waals surface area contributed by atoms with Gasteiger partial charge in [-0.3, -0.25) is 0 Å². The standard InChI is InChI=1S/C15H16Br3NO/c1-3-5-19-14(10-4-6-20-15(10)18)11-8-12(16)9(2)7-13(11)17/h4,6-8,14,19H,3,5H2,1-2H3. The summed E-state index contributed by atoms with van der Waals surface area (Å²) in [5.41, 5.74) is 3.51. The predicted molar refractivity (Wildman–Crippen MR) is 93.1 cm³/mol. The zero-order chi connectivity index (χ0) is 14.7. The van der Waals surface area contributed by atoms with Gasteiger partial charge in [-0.25, -0.2) is 0 Å². The molecule has 0 amide bonds. The van der Waals surface area contributed by atoms with E-state index in [9.17, 15) is 0 Å². The fourth-order valence-corrected chi connectivity index (χ4v) is 3.59. The largest absolute Gasteiger partial charge is 0.457 e. The number of rotatable bonds is 5. The highest BCUT2D eigenvalue weighted by Gasteiger charge is 2.21. The molecule has 1 N–H and O–H groups in total. The molecule has 2 rings (SSSR count). The number of benzene rings is 1. The Morgan fingerprint density at radius 1 is 1.15 bits per heavy atom. The molecule has 0 saturated heterocycles. The lowest BCUT2D eigenvalue weighted by molar-refractivity contribution is 0.523. The maximum atomic E-state index is 5.39. The van der Waals surface area contributed by atoms with E-state index < -0.39 is 0 Å². The van der Waals surface area contributed by atoms with Crippen LogP contribution in [0.3, 0.4) is 0 Å². The normalized spacial score (nSPS) is 12.7. The molecule has 0 aliphatic carbocycles. The second-order valence-corrected chi connectivity index (χ2v) is 7.09. The van der Waals surface area contributed by atoms with Gasteiger partial charge in [0.1, 0.15) is 0 Å². The minimum Gasteiger partial charge on any atom is -0.457 e. The Balaban J connectivity index is 2.46. The minimum atomic E-state index is 0.0920. The van der Waals surface area contributed by atoms with Gasteiger partial charge < -0.3 is 9.73 Å². The molecule has 0 spiro atoms. The van der Waals surface area contributed by atoms with Gasteiger partial charge in [0.2, 0.25) is 0 Å². The van der Waals surface area contributed by atoms with Crippen molar-refractivity contribution >= 4 is 47.8 Å². The van der Waals surface area contributed by atoms with E-state index in [-0.39, 0.29) is 6.04 Å². The molecule has 1 aromatic heterocycles. The van der Waals surface area contributed by atoms with Crippen LogP contribution in [-0.4, -0.2) is 6.54 Å². The summed E-state index contributed by atoms with van der Waals surface area (Å²) in [7, 11) is 0. The van der Waals surface area contributed by atoms with Crippen molar-refractivity contribution < 1.29 is 4.42 Å². The zero-order valence-corrected chi connectivity index (χ0v) is 16.1. The van der Waals surface area contributed by atoms with Gasteiger partial charge >= 0.3 is 0 Å².